The lowest BCUT2D eigenvalue weighted by atomic mass is 10.1. The number of carbonyl (C=O) groups is 2. The highest BCUT2D eigenvalue weighted by atomic mass is 127. The van der Waals surface area contributed by atoms with Gasteiger partial charge in [-0.15, -0.1) is 0 Å². The van der Waals surface area contributed by atoms with E-state index in [0.29, 0.717) is 27.6 Å². The summed E-state index contributed by atoms with van der Waals surface area (Å²) in [5.74, 6) is -0.272. The Balaban J connectivity index is 1.67. The number of methoxy groups -OCH3 is 1. The van der Waals surface area contributed by atoms with Gasteiger partial charge in [0, 0.05) is 10.6 Å². The van der Waals surface area contributed by atoms with Crippen LogP contribution in [0.3, 0.4) is 0 Å². The molecular weight excluding hydrogens is 547 g/mol. The predicted molar refractivity (Wildman–Crippen MR) is 130 cm³/mol. The lowest BCUT2D eigenvalue weighted by Crippen LogP contribution is -2.17. The maximum Gasteiger partial charge on any atom is 0.335 e. The Morgan fingerprint density at radius 1 is 1.09 bits per heavy atom. The molecule has 1 amide bonds. The number of aromatic carboxylic acids is 1. The number of hydrazone groups is 1. The molecule has 0 aliphatic heterocycles. The minimum atomic E-state index is -0.977. The molecule has 0 saturated heterocycles. The molecule has 9 heteroatoms. The van der Waals surface area contributed by atoms with Gasteiger partial charge in [-0.05, 0) is 82.2 Å². The van der Waals surface area contributed by atoms with Crippen molar-refractivity contribution in [2.75, 3.05) is 7.11 Å². The molecule has 0 fully saturated rings. The minimum absolute atomic E-state index is 0.215. The van der Waals surface area contributed by atoms with E-state index in [1.54, 1.807) is 42.5 Å². The van der Waals surface area contributed by atoms with Crippen molar-refractivity contribution in [2.24, 2.45) is 5.10 Å². The molecule has 0 spiro atoms. The molecule has 0 saturated carbocycles. The second-order valence-corrected chi connectivity index (χ2v) is 8.13. The van der Waals surface area contributed by atoms with Crippen molar-refractivity contribution in [3.63, 3.8) is 0 Å². The van der Waals surface area contributed by atoms with Crippen molar-refractivity contribution < 1.29 is 24.2 Å². The molecule has 0 radical (unpaired) electrons. The van der Waals surface area contributed by atoms with E-state index >= 15 is 0 Å². The number of carboxylic acid groups (broad SMARTS) is 1. The smallest absolute Gasteiger partial charge is 0.335 e. The summed E-state index contributed by atoms with van der Waals surface area (Å²) >= 11 is 7.95. The Hall–Kier alpha value is -3.11. The van der Waals surface area contributed by atoms with E-state index in [0.717, 1.165) is 9.13 Å². The topological polar surface area (TPSA) is 97.2 Å². The fourth-order valence-corrected chi connectivity index (χ4v) is 3.59. The number of carbonyl (C=O) groups excluding carboxylic acids is 1. The Morgan fingerprint density at radius 2 is 1.75 bits per heavy atom. The molecule has 3 aromatic rings. The second-order valence-electron chi connectivity index (χ2n) is 6.53. The molecule has 164 valence electrons. The van der Waals surface area contributed by atoms with Gasteiger partial charge in [0.25, 0.3) is 5.91 Å². The molecule has 0 atom stereocenters. The van der Waals surface area contributed by atoms with Gasteiger partial charge in [0.05, 0.1) is 22.5 Å². The Bertz CT molecular complexity index is 1150. The number of benzene rings is 3. The molecule has 3 rings (SSSR count). The van der Waals surface area contributed by atoms with Gasteiger partial charge in [0.2, 0.25) is 0 Å². The number of nitrogens with one attached hydrogen (secondary N) is 1. The zero-order valence-electron chi connectivity index (χ0n) is 16.8. The first-order valence-corrected chi connectivity index (χ1v) is 10.7. The van der Waals surface area contributed by atoms with Gasteiger partial charge >= 0.3 is 5.97 Å². The van der Waals surface area contributed by atoms with Crippen LogP contribution in [0.4, 0.5) is 0 Å². The Morgan fingerprint density at radius 3 is 2.38 bits per heavy atom. The predicted octanol–water partition coefficient (Wildman–Crippen LogP) is 4.99. The molecule has 32 heavy (non-hydrogen) atoms. The fourth-order valence-electron chi connectivity index (χ4n) is 2.68. The van der Waals surface area contributed by atoms with Crippen molar-refractivity contribution in [1.29, 1.82) is 0 Å². The third-order valence-corrected chi connectivity index (χ3v) is 5.38. The number of hydrogen-bond acceptors (Lipinski definition) is 5. The van der Waals surface area contributed by atoms with E-state index in [2.05, 4.69) is 33.1 Å². The average Bonchev–Trinajstić information content (AvgIpc) is 2.78. The molecular formula is C23H18ClIN2O5. The molecule has 2 N–H and O–H groups in total. The van der Waals surface area contributed by atoms with Crippen molar-refractivity contribution in [1.82, 2.24) is 5.43 Å². The van der Waals surface area contributed by atoms with Gasteiger partial charge < -0.3 is 14.6 Å². The van der Waals surface area contributed by atoms with E-state index in [1.165, 1.54) is 25.5 Å². The third kappa shape index (κ3) is 6.21. The molecule has 7 nitrogen and oxygen atoms in total. The van der Waals surface area contributed by atoms with Gasteiger partial charge in [-0.3, -0.25) is 4.79 Å². The SMILES string of the molecule is COc1cc(/C=N\NC(=O)c2ccc(Cl)cc2)cc(I)c1OCc1ccc(C(=O)O)cc1. The molecule has 0 aromatic heterocycles. The van der Waals surface area contributed by atoms with Crippen LogP contribution < -0.4 is 14.9 Å². The fraction of sp³-hybridized carbons (Fsp3) is 0.0870. The lowest BCUT2D eigenvalue weighted by molar-refractivity contribution is 0.0696. The van der Waals surface area contributed by atoms with E-state index in [9.17, 15) is 9.59 Å². The van der Waals surface area contributed by atoms with Crippen molar-refractivity contribution in [3.8, 4) is 11.5 Å². The number of amides is 1. The Kier molecular flexibility index (Phi) is 8.07. The highest BCUT2D eigenvalue weighted by molar-refractivity contribution is 14.1. The van der Waals surface area contributed by atoms with Crippen LogP contribution in [0.25, 0.3) is 0 Å². The quantitative estimate of drug-likeness (QED) is 0.228. The summed E-state index contributed by atoms with van der Waals surface area (Å²) in [7, 11) is 1.53. The van der Waals surface area contributed by atoms with Crippen LogP contribution >= 0.6 is 34.2 Å². The maximum atomic E-state index is 12.1. The van der Waals surface area contributed by atoms with Crippen molar-refractivity contribution in [3.05, 3.63) is 91.5 Å². The van der Waals surface area contributed by atoms with Gasteiger partial charge in [-0.2, -0.15) is 5.10 Å². The first-order chi connectivity index (χ1) is 15.4. The molecule has 3 aromatic carbocycles. The largest absolute Gasteiger partial charge is 0.493 e. The van der Waals surface area contributed by atoms with Crippen LogP contribution in [0.15, 0.2) is 65.8 Å². The van der Waals surface area contributed by atoms with Gasteiger partial charge in [-0.1, -0.05) is 23.7 Å². The number of hydrogen-bond donors (Lipinski definition) is 2. The standard InChI is InChI=1S/C23H18ClIN2O5/c1-31-20-11-15(12-26-27-22(28)16-6-8-18(24)9-7-16)10-19(25)21(20)32-13-14-2-4-17(5-3-14)23(29)30/h2-12H,13H2,1H3,(H,27,28)(H,29,30)/b26-12-. The van der Waals surface area contributed by atoms with E-state index in [-0.39, 0.29) is 18.1 Å². The van der Waals surface area contributed by atoms with E-state index in [1.807, 2.05) is 6.07 Å². The highest BCUT2D eigenvalue weighted by Crippen LogP contribution is 2.34. The summed E-state index contributed by atoms with van der Waals surface area (Å²) in [5, 5.41) is 13.5. The summed E-state index contributed by atoms with van der Waals surface area (Å²) < 4.78 is 12.1. The molecule has 0 heterocycles. The highest BCUT2D eigenvalue weighted by Gasteiger charge is 2.12. The van der Waals surface area contributed by atoms with Gasteiger partial charge in [0.1, 0.15) is 6.61 Å². The van der Waals surface area contributed by atoms with Crippen molar-refractivity contribution in [2.45, 2.75) is 6.61 Å². The minimum Gasteiger partial charge on any atom is -0.493 e. The van der Waals surface area contributed by atoms with Gasteiger partial charge in [0.15, 0.2) is 11.5 Å². The molecule has 0 aliphatic carbocycles. The molecule has 0 unspecified atom stereocenters. The van der Waals surface area contributed by atoms with Gasteiger partial charge in [-0.25, -0.2) is 10.2 Å². The summed E-state index contributed by atoms with van der Waals surface area (Å²) in [6.45, 7) is 0.247. The third-order valence-electron chi connectivity index (χ3n) is 4.32. The zero-order valence-corrected chi connectivity index (χ0v) is 19.8. The summed E-state index contributed by atoms with van der Waals surface area (Å²) in [6.07, 6.45) is 1.51. The lowest BCUT2D eigenvalue weighted by Gasteiger charge is -2.13. The first kappa shape index (κ1) is 23.6. The van der Waals surface area contributed by atoms with E-state index in [4.69, 9.17) is 26.2 Å². The first-order valence-electron chi connectivity index (χ1n) is 9.29. The summed E-state index contributed by atoms with van der Waals surface area (Å²) in [5.41, 5.74) is 4.66. The molecule has 0 aliphatic rings. The number of carboxylic acids is 1. The summed E-state index contributed by atoms with van der Waals surface area (Å²) in [6, 6.07) is 16.5. The number of nitrogens with zero attached hydrogens (tertiary/aromatic N) is 1. The average molecular weight is 565 g/mol. The number of ether oxygens (including phenoxy) is 2. The van der Waals surface area contributed by atoms with Crippen LogP contribution in [0.1, 0.15) is 31.8 Å². The monoisotopic (exact) mass is 564 g/mol. The van der Waals surface area contributed by atoms with Crippen LogP contribution in [-0.4, -0.2) is 30.3 Å². The second kappa shape index (κ2) is 11.0. The molecule has 0 bridgehead atoms. The van der Waals surface area contributed by atoms with Crippen LogP contribution in [-0.2, 0) is 6.61 Å². The number of halogens is 2. The van der Waals surface area contributed by atoms with Crippen LogP contribution in [0, 0.1) is 3.57 Å². The summed E-state index contributed by atoms with van der Waals surface area (Å²) in [4.78, 5) is 23.1. The van der Waals surface area contributed by atoms with Crippen LogP contribution in [0.2, 0.25) is 5.02 Å². The van der Waals surface area contributed by atoms with Crippen LogP contribution in [0.5, 0.6) is 11.5 Å². The normalized spacial score (nSPS) is 10.7. The maximum absolute atomic E-state index is 12.1. The van der Waals surface area contributed by atoms with Crippen molar-refractivity contribution >= 4 is 52.3 Å². The Labute approximate surface area is 203 Å². The zero-order chi connectivity index (χ0) is 23.1. The number of rotatable bonds is 8. The van der Waals surface area contributed by atoms with E-state index < -0.39 is 5.97 Å².